The predicted octanol–water partition coefficient (Wildman–Crippen LogP) is 7.99. The number of hydrogen-bond acceptors (Lipinski definition) is 3. The highest BCUT2D eigenvalue weighted by molar-refractivity contribution is 5.56. The van der Waals surface area contributed by atoms with Crippen molar-refractivity contribution in [2.45, 2.75) is 20.8 Å². The van der Waals surface area contributed by atoms with Crippen LogP contribution in [0.4, 0.5) is 0 Å². The van der Waals surface area contributed by atoms with Crippen LogP contribution in [0.2, 0.25) is 0 Å². The van der Waals surface area contributed by atoms with Crippen molar-refractivity contribution in [1.29, 1.82) is 0 Å². The Morgan fingerprint density at radius 3 is 1.20 bits per heavy atom. The molecule has 0 amide bonds. The second-order valence-electron chi connectivity index (χ2n) is 7.34. The molecule has 4 aromatic rings. The molecular weight excluding hydrogens is 372 g/mol. The van der Waals surface area contributed by atoms with E-state index in [9.17, 15) is 0 Å². The van der Waals surface area contributed by atoms with E-state index in [1.165, 1.54) is 0 Å². The van der Waals surface area contributed by atoms with Gasteiger partial charge in [-0.3, -0.25) is 0 Å². The highest BCUT2D eigenvalue weighted by atomic mass is 16.5. The van der Waals surface area contributed by atoms with Crippen LogP contribution in [0.1, 0.15) is 16.7 Å². The maximum absolute atomic E-state index is 6.28. The van der Waals surface area contributed by atoms with Gasteiger partial charge in [0, 0.05) is 0 Å². The van der Waals surface area contributed by atoms with Crippen molar-refractivity contribution in [3.05, 3.63) is 108 Å². The molecule has 3 nitrogen and oxygen atoms in total. The fourth-order valence-corrected chi connectivity index (χ4v) is 3.17. The lowest BCUT2D eigenvalue weighted by molar-refractivity contribution is 0.386. The summed E-state index contributed by atoms with van der Waals surface area (Å²) in [7, 11) is 0. The lowest BCUT2D eigenvalue weighted by atomic mass is 10.2. The fraction of sp³-hybridized carbons (Fsp3) is 0.111. The molecule has 0 saturated heterocycles. The van der Waals surface area contributed by atoms with Crippen molar-refractivity contribution in [2.75, 3.05) is 0 Å². The Labute approximate surface area is 177 Å². The van der Waals surface area contributed by atoms with Gasteiger partial charge in [-0.2, -0.15) is 0 Å². The van der Waals surface area contributed by atoms with Crippen molar-refractivity contribution in [3.63, 3.8) is 0 Å². The van der Waals surface area contributed by atoms with Gasteiger partial charge in [0.2, 0.25) is 5.75 Å². The standard InChI is InChI=1S/C27H24O3/c1-19-8-4-11-22(16-19)28-25-14-7-15-26(29-23-12-5-9-20(2)17-23)27(25)30-24-13-6-10-21(3)18-24/h4-18H,1-3H3. The highest BCUT2D eigenvalue weighted by Gasteiger charge is 2.16. The molecule has 0 saturated carbocycles. The second kappa shape index (κ2) is 8.75. The van der Waals surface area contributed by atoms with E-state index in [-0.39, 0.29) is 0 Å². The van der Waals surface area contributed by atoms with Crippen LogP contribution >= 0.6 is 0 Å². The molecule has 4 aromatic carbocycles. The number of hydrogen-bond donors (Lipinski definition) is 0. The number of rotatable bonds is 6. The zero-order valence-electron chi connectivity index (χ0n) is 17.4. The molecule has 0 aliphatic carbocycles. The largest absolute Gasteiger partial charge is 0.453 e. The molecule has 0 heterocycles. The zero-order chi connectivity index (χ0) is 20.9. The Balaban J connectivity index is 1.74. The van der Waals surface area contributed by atoms with Gasteiger partial charge in [0.1, 0.15) is 17.2 Å². The van der Waals surface area contributed by atoms with Crippen LogP contribution in [0.25, 0.3) is 0 Å². The average Bonchev–Trinajstić information content (AvgIpc) is 2.70. The fourth-order valence-electron chi connectivity index (χ4n) is 3.17. The van der Waals surface area contributed by atoms with Gasteiger partial charge in [-0.05, 0) is 86.0 Å². The first-order valence-electron chi connectivity index (χ1n) is 9.93. The smallest absolute Gasteiger partial charge is 0.212 e. The molecule has 0 aliphatic heterocycles. The van der Waals surface area contributed by atoms with Gasteiger partial charge >= 0.3 is 0 Å². The molecule has 0 spiro atoms. The average molecular weight is 396 g/mol. The summed E-state index contributed by atoms with van der Waals surface area (Å²) in [5, 5.41) is 0. The van der Waals surface area contributed by atoms with Crippen LogP contribution in [0.5, 0.6) is 34.5 Å². The monoisotopic (exact) mass is 396 g/mol. The molecule has 0 atom stereocenters. The highest BCUT2D eigenvalue weighted by Crippen LogP contribution is 2.44. The quantitative estimate of drug-likeness (QED) is 0.330. The maximum atomic E-state index is 6.28. The summed E-state index contributed by atoms with van der Waals surface area (Å²) in [5.41, 5.74) is 3.37. The summed E-state index contributed by atoms with van der Waals surface area (Å²) in [6.07, 6.45) is 0. The lowest BCUT2D eigenvalue weighted by Crippen LogP contribution is -1.95. The predicted molar refractivity (Wildman–Crippen MR) is 120 cm³/mol. The summed E-state index contributed by atoms with van der Waals surface area (Å²) in [5.74, 6) is 3.93. The molecule has 0 radical (unpaired) electrons. The van der Waals surface area contributed by atoms with Crippen LogP contribution in [-0.4, -0.2) is 0 Å². The van der Waals surface area contributed by atoms with E-state index in [1.807, 2.05) is 112 Å². The summed E-state index contributed by atoms with van der Waals surface area (Å²) in [6, 6.07) is 29.4. The zero-order valence-corrected chi connectivity index (χ0v) is 17.4. The molecule has 0 fully saturated rings. The topological polar surface area (TPSA) is 27.7 Å². The van der Waals surface area contributed by atoms with Crippen molar-refractivity contribution in [2.24, 2.45) is 0 Å². The van der Waals surface area contributed by atoms with Gasteiger partial charge in [-0.15, -0.1) is 0 Å². The minimum Gasteiger partial charge on any atom is -0.453 e. The third-order valence-corrected chi connectivity index (χ3v) is 4.59. The van der Waals surface area contributed by atoms with Crippen LogP contribution in [0.15, 0.2) is 91.0 Å². The molecule has 0 aliphatic rings. The van der Waals surface area contributed by atoms with Gasteiger partial charge in [0.05, 0.1) is 0 Å². The molecule has 30 heavy (non-hydrogen) atoms. The third kappa shape index (κ3) is 4.81. The Morgan fingerprint density at radius 2 is 0.800 bits per heavy atom. The number of benzene rings is 4. The lowest BCUT2D eigenvalue weighted by Gasteiger charge is -2.17. The van der Waals surface area contributed by atoms with E-state index in [0.717, 1.165) is 33.9 Å². The third-order valence-electron chi connectivity index (χ3n) is 4.59. The minimum absolute atomic E-state index is 0.533. The van der Waals surface area contributed by atoms with Crippen molar-refractivity contribution in [3.8, 4) is 34.5 Å². The van der Waals surface area contributed by atoms with E-state index < -0.39 is 0 Å². The van der Waals surface area contributed by atoms with Crippen LogP contribution in [0, 0.1) is 20.8 Å². The molecule has 3 heteroatoms. The van der Waals surface area contributed by atoms with E-state index in [1.54, 1.807) is 0 Å². The minimum atomic E-state index is 0.533. The van der Waals surface area contributed by atoms with Crippen molar-refractivity contribution in [1.82, 2.24) is 0 Å². The van der Waals surface area contributed by atoms with Crippen molar-refractivity contribution >= 4 is 0 Å². The van der Waals surface area contributed by atoms with Gasteiger partial charge in [0.15, 0.2) is 11.5 Å². The number of ether oxygens (including phenoxy) is 3. The Hall–Kier alpha value is -3.72. The normalized spacial score (nSPS) is 10.5. The Bertz CT molecular complexity index is 1100. The Morgan fingerprint density at radius 1 is 0.433 bits per heavy atom. The molecule has 4 rings (SSSR count). The van der Waals surface area contributed by atoms with Gasteiger partial charge in [-0.1, -0.05) is 42.5 Å². The molecule has 150 valence electrons. The number of aryl methyl sites for hydroxylation is 3. The van der Waals surface area contributed by atoms with Gasteiger partial charge < -0.3 is 14.2 Å². The summed E-state index contributed by atoms with van der Waals surface area (Å²) in [6.45, 7) is 6.11. The van der Waals surface area contributed by atoms with Crippen molar-refractivity contribution < 1.29 is 14.2 Å². The van der Waals surface area contributed by atoms with Crippen LogP contribution in [-0.2, 0) is 0 Å². The van der Waals surface area contributed by atoms with E-state index in [4.69, 9.17) is 14.2 Å². The van der Waals surface area contributed by atoms with E-state index >= 15 is 0 Å². The summed E-state index contributed by atoms with van der Waals surface area (Å²) < 4.78 is 18.7. The van der Waals surface area contributed by atoms with Crippen LogP contribution in [0.3, 0.4) is 0 Å². The molecule has 0 aromatic heterocycles. The first kappa shape index (κ1) is 19.6. The molecule has 0 unspecified atom stereocenters. The summed E-state index contributed by atoms with van der Waals surface area (Å²) >= 11 is 0. The number of para-hydroxylation sites is 1. The first-order valence-corrected chi connectivity index (χ1v) is 9.93. The molecule has 0 bridgehead atoms. The summed E-state index contributed by atoms with van der Waals surface area (Å²) in [4.78, 5) is 0. The van der Waals surface area contributed by atoms with Gasteiger partial charge in [0.25, 0.3) is 0 Å². The maximum Gasteiger partial charge on any atom is 0.212 e. The SMILES string of the molecule is Cc1cccc(Oc2cccc(Oc3cccc(C)c3)c2Oc2cccc(C)c2)c1. The van der Waals surface area contributed by atoms with Gasteiger partial charge in [-0.25, -0.2) is 0 Å². The molecule has 0 N–H and O–H groups in total. The van der Waals surface area contributed by atoms with E-state index in [2.05, 4.69) is 0 Å². The molecular formula is C27H24O3. The van der Waals surface area contributed by atoms with Crippen LogP contribution < -0.4 is 14.2 Å². The second-order valence-corrected chi connectivity index (χ2v) is 7.34. The Kier molecular flexibility index (Phi) is 5.71. The first-order chi connectivity index (χ1) is 14.6. The van der Waals surface area contributed by atoms with E-state index in [0.29, 0.717) is 17.2 Å².